The van der Waals surface area contributed by atoms with E-state index in [1.807, 2.05) is 30.5 Å². The molecule has 22 heavy (non-hydrogen) atoms. The highest BCUT2D eigenvalue weighted by Crippen LogP contribution is 2.13. The lowest BCUT2D eigenvalue weighted by Gasteiger charge is -2.03. The number of carbonyl (C=O) groups is 1. The van der Waals surface area contributed by atoms with E-state index in [-0.39, 0.29) is 5.91 Å². The summed E-state index contributed by atoms with van der Waals surface area (Å²) in [6.07, 6.45) is 3.30. The number of nitrogens with one attached hydrogen (secondary N) is 1. The van der Waals surface area contributed by atoms with Gasteiger partial charge in [0.25, 0.3) is 5.91 Å². The van der Waals surface area contributed by atoms with Crippen molar-refractivity contribution >= 4 is 23.3 Å². The van der Waals surface area contributed by atoms with Crippen LogP contribution in [0.5, 0.6) is 0 Å². The Hall–Kier alpha value is -2.53. The number of anilines is 1. The maximum absolute atomic E-state index is 12.1. The molecule has 0 bridgehead atoms. The van der Waals surface area contributed by atoms with Crippen LogP contribution in [-0.4, -0.2) is 15.7 Å². The normalized spacial score (nSPS) is 10.6. The predicted octanol–water partition coefficient (Wildman–Crippen LogP) is 3.74. The number of aromatic nitrogens is 2. The zero-order valence-electron chi connectivity index (χ0n) is 11.9. The van der Waals surface area contributed by atoms with Crippen molar-refractivity contribution in [2.24, 2.45) is 0 Å². The molecule has 0 aliphatic carbocycles. The molecule has 0 fully saturated rings. The van der Waals surface area contributed by atoms with Crippen LogP contribution in [0.1, 0.15) is 21.7 Å². The Kier molecular flexibility index (Phi) is 3.98. The molecular formula is C16H14ClN3O2. The van der Waals surface area contributed by atoms with Gasteiger partial charge in [-0.15, -0.1) is 0 Å². The Morgan fingerprint density at radius 1 is 1.27 bits per heavy atom. The van der Waals surface area contributed by atoms with E-state index in [2.05, 4.69) is 10.4 Å². The van der Waals surface area contributed by atoms with Crippen molar-refractivity contribution in [1.29, 1.82) is 0 Å². The van der Waals surface area contributed by atoms with Gasteiger partial charge in [-0.25, -0.2) is 0 Å². The third-order valence-electron chi connectivity index (χ3n) is 3.24. The van der Waals surface area contributed by atoms with Gasteiger partial charge in [-0.2, -0.15) is 5.10 Å². The number of nitrogens with zero attached hydrogens (tertiary/aromatic N) is 2. The summed E-state index contributed by atoms with van der Waals surface area (Å²) in [5.41, 5.74) is 1.59. The van der Waals surface area contributed by atoms with E-state index in [9.17, 15) is 4.79 Å². The largest absolute Gasteiger partial charge is 0.469 e. The molecule has 0 aliphatic rings. The Morgan fingerprint density at radius 2 is 2.05 bits per heavy atom. The van der Waals surface area contributed by atoms with Crippen molar-refractivity contribution in [2.75, 3.05) is 5.32 Å². The zero-order valence-corrected chi connectivity index (χ0v) is 12.7. The molecule has 3 aromatic rings. The van der Waals surface area contributed by atoms with Gasteiger partial charge in [-0.1, -0.05) is 23.7 Å². The van der Waals surface area contributed by atoms with Gasteiger partial charge in [-0.3, -0.25) is 9.48 Å². The number of amides is 1. The van der Waals surface area contributed by atoms with Crippen molar-refractivity contribution in [3.8, 4) is 0 Å². The van der Waals surface area contributed by atoms with E-state index in [1.165, 1.54) is 6.26 Å². The van der Waals surface area contributed by atoms with Gasteiger partial charge in [0.1, 0.15) is 5.76 Å². The van der Waals surface area contributed by atoms with Crippen LogP contribution in [-0.2, 0) is 6.54 Å². The Morgan fingerprint density at radius 3 is 2.73 bits per heavy atom. The van der Waals surface area contributed by atoms with Crippen molar-refractivity contribution in [1.82, 2.24) is 9.78 Å². The molecule has 112 valence electrons. The molecule has 5 nitrogen and oxygen atoms in total. The summed E-state index contributed by atoms with van der Waals surface area (Å²) in [5.74, 6) is 0.848. The number of carbonyl (C=O) groups excluding carboxylic acids is 1. The minimum absolute atomic E-state index is 0.233. The van der Waals surface area contributed by atoms with Crippen LogP contribution in [0.15, 0.2) is 53.3 Å². The third kappa shape index (κ3) is 3.20. The molecule has 0 saturated carbocycles. The lowest BCUT2D eigenvalue weighted by molar-refractivity contribution is 0.102. The third-order valence-corrected chi connectivity index (χ3v) is 3.50. The average molecular weight is 316 g/mol. The number of rotatable bonds is 4. The molecule has 1 aromatic carbocycles. The van der Waals surface area contributed by atoms with E-state index >= 15 is 0 Å². The highest BCUT2D eigenvalue weighted by molar-refractivity contribution is 6.30. The average Bonchev–Trinajstić information content (AvgIpc) is 3.10. The van der Waals surface area contributed by atoms with Gasteiger partial charge < -0.3 is 9.73 Å². The highest BCUT2D eigenvalue weighted by atomic mass is 35.5. The van der Waals surface area contributed by atoms with Gasteiger partial charge >= 0.3 is 0 Å². The second kappa shape index (κ2) is 6.07. The number of halogens is 1. The Labute approximate surface area is 132 Å². The summed E-state index contributed by atoms with van der Waals surface area (Å²) in [7, 11) is 0. The maximum atomic E-state index is 12.1. The molecule has 1 N–H and O–H groups in total. The van der Waals surface area contributed by atoms with E-state index in [1.54, 1.807) is 23.7 Å². The topological polar surface area (TPSA) is 60.1 Å². The monoisotopic (exact) mass is 315 g/mol. The fourth-order valence-electron chi connectivity index (χ4n) is 2.10. The first kappa shape index (κ1) is 14.4. The minimum atomic E-state index is -0.233. The first-order valence-electron chi connectivity index (χ1n) is 6.75. The molecule has 0 radical (unpaired) electrons. The van der Waals surface area contributed by atoms with Crippen molar-refractivity contribution in [3.05, 3.63) is 70.8 Å². The molecule has 0 spiro atoms. The second-order valence-corrected chi connectivity index (χ2v) is 5.31. The van der Waals surface area contributed by atoms with Crippen LogP contribution >= 0.6 is 11.6 Å². The molecule has 2 aromatic heterocycles. The van der Waals surface area contributed by atoms with Crippen molar-refractivity contribution < 1.29 is 9.21 Å². The number of furan rings is 1. The highest BCUT2D eigenvalue weighted by Gasteiger charge is 2.12. The standard InChI is InChI=1S/C16H14ClN3O2/c1-11-14(7-9-22-11)16(21)18-15-6-8-20(19-15)10-12-2-4-13(17)5-3-12/h2-9H,10H2,1H3,(H,18,19,21). The fraction of sp³-hybridized carbons (Fsp3) is 0.125. The van der Waals surface area contributed by atoms with Crippen LogP contribution < -0.4 is 5.32 Å². The summed E-state index contributed by atoms with van der Waals surface area (Å²) >= 11 is 5.86. The lowest BCUT2D eigenvalue weighted by atomic mass is 10.2. The summed E-state index contributed by atoms with van der Waals surface area (Å²) in [4.78, 5) is 12.1. The van der Waals surface area contributed by atoms with Gasteiger partial charge in [0.05, 0.1) is 18.4 Å². The molecule has 6 heteroatoms. The van der Waals surface area contributed by atoms with Crippen LogP contribution in [0.3, 0.4) is 0 Å². The summed E-state index contributed by atoms with van der Waals surface area (Å²) in [6, 6.07) is 10.9. The number of hydrogen-bond donors (Lipinski definition) is 1. The molecule has 0 unspecified atom stereocenters. The predicted molar refractivity (Wildman–Crippen MR) is 84.2 cm³/mol. The number of hydrogen-bond acceptors (Lipinski definition) is 3. The first-order valence-corrected chi connectivity index (χ1v) is 7.13. The first-order chi connectivity index (χ1) is 10.6. The zero-order chi connectivity index (χ0) is 15.5. The van der Waals surface area contributed by atoms with E-state index < -0.39 is 0 Å². The van der Waals surface area contributed by atoms with Crippen LogP contribution in [0.2, 0.25) is 5.02 Å². The van der Waals surface area contributed by atoms with Gasteiger partial charge in [-0.05, 0) is 30.7 Å². The second-order valence-electron chi connectivity index (χ2n) is 4.87. The van der Waals surface area contributed by atoms with Crippen LogP contribution in [0.4, 0.5) is 5.82 Å². The molecule has 3 rings (SSSR count). The minimum Gasteiger partial charge on any atom is -0.469 e. The summed E-state index contributed by atoms with van der Waals surface area (Å²) in [6.45, 7) is 2.35. The summed E-state index contributed by atoms with van der Waals surface area (Å²) < 4.78 is 6.87. The molecule has 0 saturated heterocycles. The van der Waals surface area contributed by atoms with Crippen LogP contribution in [0, 0.1) is 6.92 Å². The van der Waals surface area contributed by atoms with Crippen LogP contribution in [0.25, 0.3) is 0 Å². The SMILES string of the molecule is Cc1occc1C(=O)Nc1ccn(Cc2ccc(Cl)cc2)n1. The number of benzene rings is 1. The van der Waals surface area contributed by atoms with Gasteiger partial charge in [0, 0.05) is 17.3 Å². The van der Waals surface area contributed by atoms with E-state index in [0.29, 0.717) is 28.7 Å². The molecule has 1 amide bonds. The summed E-state index contributed by atoms with van der Waals surface area (Å²) in [5, 5.41) is 7.78. The Balaban J connectivity index is 1.67. The molecular weight excluding hydrogens is 302 g/mol. The van der Waals surface area contributed by atoms with E-state index in [0.717, 1.165) is 5.56 Å². The van der Waals surface area contributed by atoms with E-state index in [4.69, 9.17) is 16.0 Å². The molecule has 0 aliphatic heterocycles. The smallest absolute Gasteiger partial charge is 0.260 e. The number of aryl methyl sites for hydroxylation is 1. The van der Waals surface area contributed by atoms with Gasteiger partial charge in [0.2, 0.25) is 0 Å². The molecule has 2 heterocycles. The quantitative estimate of drug-likeness (QED) is 0.798. The fourth-order valence-corrected chi connectivity index (χ4v) is 2.22. The van der Waals surface area contributed by atoms with Gasteiger partial charge in [0.15, 0.2) is 5.82 Å². The Bertz CT molecular complexity index is 790. The van der Waals surface area contributed by atoms with Crippen molar-refractivity contribution in [3.63, 3.8) is 0 Å². The van der Waals surface area contributed by atoms with Crippen molar-refractivity contribution in [2.45, 2.75) is 13.5 Å². The molecule has 0 atom stereocenters. The lowest BCUT2D eigenvalue weighted by Crippen LogP contribution is -2.13. The maximum Gasteiger partial charge on any atom is 0.260 e.